The molecule has 0 aliphatic heterocycles. The molecule has 0 aliphatic carbocycles. The molecule has 18 heavy (non-hydrogen) atoms. The Labute approximate surface area is 105 Å². The maximum atomic E-state index is 11.5. The minimum Gasteiger partial charge on any atom is -0.461 e. The van der Waals surface area contributed by atoms with Gasteiger partial charge in [-0.2, -0.15) is 0 Å². The number of hydrogen-bond donors (Lipinski definition) is 0. The summed E-state index contributed by atoms with van der Waals surface area (Å²) in [7, 11) is 0. The van der Waals surface area contributed by atoms with Gasteiger partial charge in [0.15, 0.2) is 5.69 Å². The summed E-state index contributed by atoms with van der Waals surface area (Å²) in [5, 5.41) is 0. The molecule has 2 aromatic rings. The highest BCUT2D eigenvalue weighted by molar-refractivity contribution is 5.87. The van der Waals surface area contributed by atoms with Gasteiger partial charge in [-0.1, -0.05) is 18.2 Å². The number of hydrogen-bond acceptors (Lipinski definition) is 4. The molecule has 0 bridgehead atoms. The summed E-state index contributed by atoms with van der Waals surface area (Å²) in [6.07, 6.45) is 1.52. The van der Waals surface area contributed by atoms with Crippen LogP contribution < -0.4 is 4.74 Å². The van der Waals surface area contributed by atoms with E-state index >= 15 is 0 Å². The molecular weight excluding hydrogens is 230 g/mol. The van der Waals surface area contributed by atoms with Crippen molar-refractivity contribution in [2.75, 3.05) is 6.61 Å². The van der Waals surface area contributed by atoms with Crippen LogP contribution >= 0.6 is 0 Å². The Morgan fingerprint density at radius 2 is 1.94 bits per heavy atom. The molecule has 0 amide bonds. The van der Waals surface area contributed by atoms with E-state index in [0.29, 0.717) is 18.1 Å². The Morgan fingerprint density at radius 1 is 1.17 bits per heavy atom. The summed E-state index contributed by atoms with van der Waals surface area (Å²) in [5.74, 6) is 0.814. The first kappa shape index (κ1) is 12.1. The number of esters is 1. The number of benzene rings is 1. The van der Waals surface area contributed by atoms with E-state index in [-0.39, 0.29) is 5.69 Å². The van der Waals surface area contributed by atoms with E-state index in [1.807, 2.05) is 30.3 Å². The van der Waals surface area contributed by atoms with E-state index in [4.69, 9.17) is 9.47 Å². The Bertz CT molecular complexity index is 526. The van der Waals surface area contributed by atoms with Crippen LogP contribution in [-0.2, 0) is 4.74 Å². The van der Waals surface area contributed by atoms with Crippen LogP contribution in [0.5, 0.6) is 11.5 Å². The van der Waals surface area contributed by atoms with Gasteiger partial charge in [-0.3, -0.25) is 0 Å². The molecule has 0 fully saturated rings. The van der Waals surface area contributed by atoms with Gasteiger partial charge >= 0.3 is 5.97 Å². The van der Waals surface area contributed by atoms with E-state index in [9.17, 15) is 4.79 Å². The zero-order valence-electron chi connectivity index (χ0n) is 10.00. The standard InChI is InChI=1S/C14H13NO3/c1-2-17-14(16)13-10-12(8-9-15-13)18-11-6-4-3-5-7-11/h3-10H,2H2,1H3. The fraction of sp³-hybridized carbons (Fsp3) is 0.143. The van der Waals surface area contributed by atoms with Gasteiger partial charge in [-0.05, 0) is 25.1 Å². The molecule has 0 spiro atoms. The van der Waals surface area contributed by atoms with Crippen molar-refractivity contribution in [2.24, 2.45) is 0 Å². The zero-order valence-corrected chi connectivity index (χ0v) is 10.00. The SMILES string of the molecule is CCOC(=O)c1cc(Oc2ccccc2)ccn1. The Kier molecular flexibility index (Phi) is 3.91. The van der Waals surface area contributed by atoms with Gasteiger partial charge in [0.05, 0.1) is 6.61 Å². The number of pyridine rings is 1. The second-order valence-electron chi connectivity index (χ2n) is 3.51. The summed E-state index contributed by atoms with van der Waals surface area (Å²) in [5.41, 5.74) is 0.241. The van der Waals surface area contributed by atoms with Crippen molar-refractivity contribution in [3.05, 3.63) is 54.4 Å². The lowest BCUT2D eigenvalue weighted by Gasteiger charge is -2.06. The Hall–Kier alpha value is -2.36. The minimum atomic E-state index is -0.448. The lowest BCUT2D eigenvalue weighted by molar-refractivity contribution is 0.0519. The van der Waals surface area contributed by atoms with E-state index in [1.54, 1.807) is 19.1 Å². The molecule has 0 atom stereocenters. The maximum Gasteiger partial charge on any atom is 0.357 e. The first-order valence-corrected chi connectivity index (χ1v) is 5.65. The zero-order chi connectivity index (χ0) is 12.8. The minimum absolute atomic E-state index is 0.241. The molecule has 0 radical (unpaired) electrons. The first-order valence-electron chi connectivity index (χ1n) is 5.65. The highest BCUT2D eigenvalue weighted by Gasteiger charge is 2.09. The molecule has 1 aromatic heterocycles. The third-order valence-electron chi connectivity index (χ3n) is 2.19. The predicted molar refractivity (Wildman–Crippen MR) is 66.7 cm³/mol. The third-order valence-corrected chi connectivity index (χ3v) is 2.19. The maximum absolute atomic E-state index is 11.5. The summed E-state index contributed by atoms with van der Waals surface area (Å²) >= 11 is 0. The monoisotopic (exact) mass is 243 g/mol. The van der Waals surface area contributed by atoms with Gasteiger partial charge in [0.2, 0.25) is 0 Å². The lowest BCUT2D eigenvalue weighted by Crippen LogP contribution is -2.06. The number of nitrogens with zero attached hydrogens (tertiary/aromatic N) is 1. The number of aromatic nitrogens is 1. The van der Waals surface area contributed by atoms with Crippen molar-refractivity contribution < 1.29 is 14.3 Å². The number of ether oxygens (including phenoxy) is 2. The van der Waals surface area contributed by atoms with Crippen molar-refractivity contribution in [2.45, 2.75) is 6.92 Å². The van der Waals surface area contributed by atoms with Crippen LogP contribution in [0.2, 0.25) is 0 Å². The smallest absolute Gasteiger partial charge is 0.357 e. The number of rotatable bonds is 4. The van der Waals surface area contributed by atoms with Crippen LogP contribution in [0.3, 0.4) is 0 Å². The largest absolute Gasteiger partial charge is 0.461 e. The van der Waals surface area contributed by atoms with Crippen LogP contribution in [-0.4, -0.2) is 17.6 Å². The van der Waals surface area contributed by atoms with Crippen LogP contribution in [0, 0.1) is 0 Å². The van der Waals surface area contributed by atoms with Crippen LogP contribution in [0.25, 0.3) is 0 Å². The fourth-order valence-electron chi connectivity index (χ4n) is 1.42. The van der Waals surface area contributed by atoms with Crippen molar-refractivity contribution in [1.29, 1.82) is 0 Å². The third kappa shape index (κ3) is 3.07. The highest BCUT2D eigenvalue weighted by Crippen LogP contribution is 2.20. The molecular formula is C14H13NO3. The lowest BCUT2D eigenvalue weighted by atomic mass is 10.3. The normalized spacial score (nSPS) is 9.83. The van der Waals surface area contributed by atoms with Crippen molar-refractivity contribution in [1.82, 2.24) is 4.98 Å². The number of carbonyl (C=O) groups is 1. The molecule has 0 unspecified atom stereocenters. The molecule has 1 aromatic carbocycles. The topological polar surface area (TPSA) is 48.4 Å². The summed E-state index contributed by atoms with van der Waals surface area (Å²) in [4.78, 5) is 15.5. The Balaban J connectivity index is 2.15. The second-order valence-corrected chi connectivity index (χ2v) is 3.51. The second kappa shape index (κ2) is 5.82. The molecule has 0 N–H and O–H groups in total. The molecule has 0 saturated heterocycles. The average molecular weight is 243 g/mol. The van der Waals surface area contributed by atoms with Gasteiger partial charge in [0.25, 0.3) is 0 Å². The molecule has 4 heteroatoms. The number of para-hydroxylation sites is 1. The molecule has 1 heterocycles. The van der Waals surface area contributed by atoms with Gasteiger partial charge < -0.3 is 9.47 Å². The van der Waals surface area contributed by atoms with Crippen LogP contribution in [0.1, 0.15) is 17.4 Å². The fourth-order valence-corrected chi connectivity index (χ4v) is 1.42. The summed E-state index contributed by atoms with van der Waals surface area (Å²) in [6, 6.07) is 12.6. The highest BCUT2D eigenvalue weighted by atomic mass is 16.5. The molecule has 4 nitrogen and oxygen atoms in total. The van der Waals surface area contributed by atoms with Gasteiger partial charge in [0, 0.05) is 12.3 Å². The molecule has 0 aliphatic rings. The van der Waals surface area contributed by atoms with Crippen LogP contribution in [0.15, 0.2) is 48.7 Å². The van der Waals surface area contributed by atoms with E-state index in [2.05, 4.69) is 4.98 Å². The molecule has 0 saturated carbocycles. The van der Waals surface area contributed by atoms with Gasteiger partial charge in [-0.25, -0.2) is 9.78 Å². The van der Waals surface area contributed by atoms with Crippen molar-refractivity contribution in [3.63, 3.8) is 0 Å². The predicted octanol–water partition coefficient (Wildman–Crippen LogP) is 3.05. The summed E-state index contributed by atoms with van der Waals surface area (Å²) in [6.45, 7) is 2.08. The van der Waals surface area contributed by atoms with E-state index in [0.717, 1.165) is 0 Å². The van der Waals surface area contributed by atoms with Gasteiger partial charge in [-0.15, -0.1) is 0 Å². The van der Waals surface area contributed by atoms with E-state index in [1.165, 1.54) is 6.20 Å². The first-order chi connectivity index (χ1) is 8.79. The van der Waals surface area contributed by atoms with E-state index < -0.39 is 5.97 Å². The average Bonchev–Trinajstić information content (AvgIpc) is 2.40. The summed E-state index contributed by atoms with van der Waals surface area (Å²) < 4.78 is 10.5. The molecule has 92 valence electrons. The van der Waals surface area contributed by atoms with Crippen molar-refractivity contribution >= 4 is 5.97 Å². The van der Waals surface area contributed by atoms with Crippen LogP contribution in [0.4, 0.5) is 0 Å². The molecule has 2 rings (SSSR count). The Morgan fingerprint density at radius 3 is 2.67 bits per heavy atom. The van der Waals surface area contributed by atoms with Gasteiger partial charge in [0.1, 0.15) is 11.5 Å². The number of carbonyl (C=O) groups excluding carboxylic acids is 1. The quantitative estimate of drug-likeness (QED) is 0.774. The van der Waals surface area contributed by atoms with Crippen molar-refractivity contribution in [3.8, 4) is 11.5 Å².